The molecule has 2 heterocycles. The van der Waals surface area contributed by atoms with Crippen molar-refractivity contribution in [2.24, 2.45) is 0 Å². The van der Waals surface area contributed by atoms with Gasteiger partial charge in [-0.15, -0.1) is 11.3 Å². The zero-order valence-corrected chi connectivity index (χ0v) is 20.6. The van der Waals surface area contributed by atoms with Gasteiger partial charge in [0.15, 0.2) is 0 Å². The molecule has 1 atom stereocenters. The van der Waals surface area contributed by atoms with Crippen molar-refractivity contribution in [3.05, 3.63) is 41.4 Å². The summed E-state index contributed by atoms with van der Waals surface area (Å²) in [5.74, 6) is 0.260. The van der Waals surface area contributed by atoms with Crippen molar-refractivity contribution in [2.75, 3.05) is 39.3 Å². The second kappa shape index (κ2) is 11.9. The predicted octanol–water partition coefficient (Wildman–Crippen LogP) is 2.83. The molecule has 0 bridgehead atoms. The Morgan fingerprint density at radius 2 is 2.00 bits per heavy atom. The van der Waals surface area contributed by atoms with Gasteiger partial charge in [-0.1, -0.05) is 19.1 Å². The number of carbonyl (C=O) groups excluding carboxylic acids is 1. The Balaban J connectivity index is 1.48. The molecule has 1 aliphatic rings. The van der Waals surface area contributed by atoms with E-state index in [4.69, 9.17) is 0 Å². The highest BCUT2D eigenvalue weighted by molar-refractivity contribution is 7.93. The Bertz CT molecular complexity index is 946. The number of aromatic nitrogens is 1. The molecule has 9 heteroatoms. The molecule has 1 aliphatic heterocycles. The molecule has 1 N–H and O–H groups in total. The summed E-state index contributed by atoms with van der Waals surface area (Å²) in [5, 5.41) is 4.95. The number of hydrogen-bond donors (Lipinski definition) is 1. The van der Waals surface area contributed by atoms with Crippen LogP contribution in [0.5, 0.6) is 0 Å². The zero-order valence-electron chi connectivity index (χ0n) is 19.0. The Labute approximate surface area is 195 Å². The predicted molar refractivity (Wildman–Crippen MR) is 128 cm³/mol. The number of carbonyl (C=O) groups is 1. The quantitative estimate of drug-likeness (QED) is 0.500. The van der Waals surface area contributed by atoms with Crippen LogP contribution in [0.15, 0.2) is 45.1 Å². The van der Waals surface area contributed by atoms with E-state index in [-0.39, 0.29) is 15.1 Å². The van der Waals surface area contributed by atoms with Gasteiger partial charge < -0.3 is 15.1 Å². The number of amides is 1. The Morgan fingerprint density at radius 3 is 2.69 bits per heavy atom. The van der Waals surface area contributed by atoms with Gasteiger partial charge in [0.1, 0.15) is 0 Å². The summed E-state index contributed by atoms with van der Waals surface area (Å²) < 4.78 is 25.3. The fraction of sp³-hybridized carbons (Fsp3) is 0.565. The van der Waals surface area contributed by atoms with E-state index in [0.717, 1.165) is 75.4 Å². The Hall–Kier alpha value is -1.81. The standard InChI is InChI=1S/C23H34N4O3S2/c1-3-26(14-4-5-15-27-16-12-24-11-10-22(27)28)19(2)18-20-6-8-21(9-7-20)32(29,30)23-25-13-17-31-23/h6-9,13,17,19,24H,3-5,10-12,14-16,18H2,1-2H3. The summed E-state index contributed by atoms with van der Waals surface area (Å²) in [6.07, 6.45) is 5.04. The lowest BCUT2D eigenvalue weighted by Crippen LogP contribution is -2.36. The van der Waals surface area contributed by atoms with E-state index >= 15 is 0 Å². The highest BCUT2D eigenvalue weighted by Gasteiger charge is 2.21. The molecular formula is C23H34N4O3S2. The molecule has 2 aromatic rings. The molecule has 1 aromatic heterocycles. The SMILES string of the molecule is CCN(CCCCN1CCNCCC1=O)C(C)Cc1ccc(S(=O)(=O)c2nccs2)cc1. The van der Waals surface area contributed by atoms with Crippen LogP contribution in [-0.4, -0.2) is 74.4 Å². The summed E-state index contributed by atoms with van der Waals surface area (Å²) in [4.78, 5) is 20.8. The van der Waals surface area contributed by atoms with Crippen LogP contribution in [0.3, 0.4) is 0 Å². The van der Waals surface area contributed by atoms with Crippen LogP contribution in [0.2, 0.25) is 0 Å². The molecule has 32 heavy (non-hydrogen) atoms. The van der Waals surface area contributed by atoms with Crippen LogP contribution in [-0.2, 0) is 21.1 Å². The number of rotatable bonds is 11. The van der Waals surface area contributed by atoms with E-state index in [2.05, 4.69) is 29.0 Å². The fourth-order valence-electron chi connectivity index (χ4n) is 4.08. The highest BCUT2D eigenvalue weighted by atomic mass is 32.2. The highest BCUT2D eigenvalue weighted by Crippen LogP contribution is 2.23. The lowest BCUT2D eigenvalue weighted by atomic mass is 10.1. The third kappa shape index (κ3) is 6.60. The second-order valence-electron chi connectivity index (χ2n) is 8.22. The van der Waals surface area contributed by atoms with Crippen LogP contribution >= 0.6 is 11.3 Å². The van der Waals surface area contributed by atoms with E-state index in [9.17, 15) is 13.2 Å². The van der Waals surface area contributed by atoms with Crippen LogP contribution < -0.4 is 5.32 Å². The summed E-state index contributed by atoms with van der Waals surface area (Å²) in [5.41, 5.74) is 1.12. The first kappa shape index (κ1) is 24.8. The Morgan fingerprint density at radius 1 is 1.22 bits per heavy atom. The van der Waals surface area contributed by atoms with Crippen molar-refractivity contribution < 1.29 is 13.2 Å². The van der Waals surface area contributed by atoms with E-state index in [1.807, 2.05) is 17.0 Å². The summed E-state index contributed by atoms with van der Waals surface area (Å²) >= 11 is 1.14. The Kier molecular flexibility index (Phi) is 9.22. The molecule has 0 radical (unpaired) electrons. The molecule has 1 fully saturated rings. The number of hydrogen-bond acceptors (Lipinski definition) is 7. The van der Waals surface area contributed by atoms with E-state index < -0.39 is 9.84 Å². The fourth-order valence-corrected chi connectivity index (χ4v) is 6.30. The summed E-state index contributed by atoms with van der Waals surface area (Å²) in [7, 11) is -3.53. The minimum atomic E-state index is -3.53. The van der Waals surface area contributed by atoms with Crippen molar-refractivity contribution in [1.29, 1.82) is 0 Å². The molecule has 0 spiro atoms. The molecule has 0 saturated carbocycles. The maximum Gasteiger partial charge on any atom is 0.233 e. The van der Waals surface area contributed by atoms with Gasteiger partial charge in [-0.25, -0.2) is 13.4 Å². The molecule has 1 unspecified atom stereocenters. The van der Waals surface area contributed by atoms with Crippen LogP contribution in [0.1, 0.15) is 38.7 Å². The molecule has 1 amide bonds. The maximum absolute atomic E-state index is 12.6. The molecule has 1 aromatic carbocycles. The average Bonchev–Trinajstić information content (AvgIpc) is 3.26. The van der Waals surface area contributed by atoms with Crippen LogP contribution in [0, 0.1) is 0 Å². The molecule has 1 saturated heterocycles. The molecule has 7 nitrogen and oxygen atoms in total. The van der Waals surface area contributed by atoms with Crippen molar-refractivity contribution in [3.8, 4) is 0 Å². The molecule has 3 rings (SSSR count). The lowest BCUT2D eigenvalue weighted by Gasteiger charge is -2.28. The number of unbranched alkanes of at least 4 members (excludes halogenated alkanes) is 1. The number of nitrogens with zero attached hydrogens (tertiary/aromatic N) is 3. The third-order valence-electron chi connectivity index (χ3n) is 5.98. The van der Waals surface area contributed by atoms with Crippen LogP contribution in [0.25, 0.3) is 0 Å². The number of nitrogens with one attached hydrogen (secondary N) is 1. The molecule has 176 valence electrons. The van der Waals surface area contributed by atoms with Gasteiger partial charge in [0, 0.05) is 50.2 Å². The van der Waals surface area contributed by atoms with Gasteiger partial charge in [0.25, 0.3) is 0 Å². The first-order chi connectivity index (χ1) is 15.4. The van der Waals surface area contributed by atoms with E-state index in [0.29, 0.717) is 12.5 Å². The van der Waals surface area contributed by atoms with Gasteiger partial charge in [-0.2, -0.15) is 0 Å². The number of benzene rings is 1. The number of likely N-dealkylation sites (N-methyl/N-ethyl adjacent to an activating group) is 1. The van der Waals surface area contributed by atoms with Crippen molar-refractivity contribution in [1.82, 2.24) is 20.1 Å². The summed E-state index contributed by atoms with van der Waals surface area (Å²) in [6, 6.07) is 7.53. The van der Waals surface area contributed by atoms with Gasteiger partial charge in [0.05, 0.1) is 4.90 Å². The van der Waals surface area contributed by atoms with Gasteiger partial charge in [0.2, 0.25) is 20.1 Å². The van der Waals surface area contributed by atoms with Crippen LogP contribution in [0.4, 0.5) is 0 Å². The van der Waals surface area contributed by atoms with E-state index in [1.54, 1.807) is 17.5 Å². The minimum Gasteiger partial charge on any atom is -0.341 e. The van der Waals surface area contributed by atoms with Gasteiger partial charge >= 0.3 is 0 Å². The molecular weight excluding hydrogens is 444 g/mol. The number of thiazole rings is 1. The first-order valence-electron chi connectivity index (χ1n) is 11.4. The monoisotopic (exact) mass is 478 g/mol. The van der Waals surface area contributed by atoms with Crippen molar-refractivity contribution >= 4 is 27.1 Å². The topological polar surface area (TPSA) is 82.6 Å². The smallest absolute Gasteiger partial charge is 0.233 e. The normalized spacial score (nSPS) is 16.3. The lowest BCUT2D eigenvalue weighted by molar-refractivity contribution is -0.130. The number of sulfone groups is 1. The second-order valence-corrected chi connectivity index (χ2v) is 11.2. The van der Waals surface area contributed by atoms with E-state index in [1.165, 1.54) is 6.20 Å². The van der Waals surface area contributed by atoms with Crippen molar-refractivity contribution in [2.45, 2.75) is 54.8 Å². The van der Waals surface area contributed by atoms with Gasteiger partial charge in [-0.3, -0.25) is 4.79 Å². The average molecular weight is 479 g/mol. The van der Waals surface area contributed by atoms with Crippen molar-refractivity contribution in [3.63, 3.8) is 0 Å². The summed E-state index contributed by atoms with van der Waals surface area (Å²) in [6.45, 7) is 9.65. The zero-order chi connectivity index (χ0) is 23.0. The maximum atomic E-state index is 12.6. The van der Waals surface area contributed by atoms with Gasteiger partial charge in [-0.05, 0) is 57.0 Å². The molecule has 0 aliphatic carbocycles. The first-order valence-corrected chi connectivity index (χ1v) is 13.7. The third-order valence-corrected chi connectivity index (χ3v) is 8.95. The largest absolute Gasteiger partial charge is 0.341 e. The minimum absolute atomic E-state index is 0.133.